The maximum atomic E-state index is 13.4. The summed E-state index contributed by atoms with van der Waals surface area (Å²) in [6.45, 7) is 12.1. The van der Waals surface area contributed by atoms with E-state index in [1.54, 1.807) is 23.2 Å². The number of ether oxygens (including phenoxy) is 2. The summed E-state index contributed by atoms with van der Waals surface area (Å²) in [6, 6.07) is 15.5. The molecule has 6 heterocycles. The van der Waals surface area contributed by atoms with Crippen LogP contribution in [-0.4, -0.2) is 42.3 Å². The Morgan fingerprint density at radius 3 is 1.35 bits per heavy atom. The van der Waals surface area contributed by atoms with Gasteiger partial charge in [0.1, 0.15) is 44.7 Å². The van der Waals surface area contributed by atoms with Crippen LogP contribution in [0.4, 0.5) is 0 Å². The normalized spacial score (nSPS) is 37.1. The van der Waals surface area contributed by atoms with Gasteiger partial charge in [0.15, 0.2) is 11.2 Å². The molecule has 276 valence electrons. The van der Waals surface area contributed by atoms with Gasteiger partial charge in [-0.25, -0.2) is 19.6 Å². The molecule has 0 unspecified atom stereocenters. The minimum Gasteiger partial charge on any atom is -0.486 e. The number of hydrogen-bond acceptors (Lipinski definition) is 8. The number of aryl methyl sites for hydroxylation is 2. The molecule has 12 heteroatoms. The van der Waals surface area contributed by atoms with Crippen LogP contribution in [-0.2, 0) is 44.8 Å². The molecule has 8 atom stereocenters. The number of pyridine rings is 2. The van der Waals surface area contributed by atoms with Crippen molar-refractivity contribution in [2.75, 3.05) is 0 Å². The van der Waals surface area contributed by atoms with E-state index in [-0.39, 0.29) is 23.0 Å². The minimum atomic E-state index is -1.01. The molecular formula is C40H44Cl2N2O8. The van der Waals surface area contributed by atoms with Crippen molar-refractivity contribution in [3.05, 3.63) is 80.4 Å². The van der Waals surface area contributed by atoms with Gasteiger partial charge < -0.3 is 18.6 Å². The fourth-order valence-corrected chi connectivity index (χ4v) is 11.3. The predicted octanol–water partition coefficient (Wildman–Crippen LogP) is 7.29. The third-order valence-corrected chi connectivity index (χ3v) is 14.7. The maximum Gasteiger partial charge on any atom is 0.260 e. The molecule has 2 saturated carbocycles. The van der Waals surface area contributed by atoms with Crippen LogP contribution in [0.15, 0.2) is 58.1 Å². The zero-order chi connectivity index (χ0) is 37.0. The van der Waals surface area contributed by atoms with Gasteiger partial charge in [-0.15, -0.1) is 23.2 Å². The fraction of sp³-hybridized carbons (Fsp3) is 0.550. The predicted molar refractivity (Wildman–Crippen MR) is 197 cm³/mol. The first kappa shape index (κ1) is 34.6. The van der Waals surface area contributed by atoms with Gasteiger partial charge in [-0.05, 0) is 91.5 Å². The quantitative estimate of drug-likeness (QED) is 0.137. The lowest BCUT2D eigenvalue weighted by molar-refractivity contribution is -0.358. The summed E-state index contributed by atoms with van der Waals surface area (Å²) in [5.41, 5.74) is -1.96. The summed E-state index contributed by atoms with van der Waals surface area (Å²) in [5.74, 6) is 1.000. The van der Waals surface area contributed by atoms with E-state index in [1.807, 2.05) is 90.1 Å². The Morgan fingerprint density at radius 2 is 0.962 bits per heavy atom. The monoisotopic (exact) mass is 750 g/mol. The van der Waals surface area contributed by atoms with Crippen molar-refractivity contribution in [2.24, 2.45) is 25.9 Å². The molecule has 10 nitrogen and oxygen atoms in total. The van der Waals surface area contributed by atoms with Crippen molar-refractivity contribution in [2.45, 2.75) is 112 Å². The Labute approximate surface area is 311 Å². The van der Waals surface area contributed by atoms with Crippen LogP contribution in [0.25, 0.3) is 21.8 Å². The molecule has 0 radical (unpaired) electrons. The van der Waals surface area contributed by atoms with Crippen LogP contribution in [0, 0.1) is 11.8 Å². The molecule has 10 rings (SSSR count). The Morgan fingerprint density at radius 1 is 0.596 bits per heavy atom. The number of hydrogen-bond donors (Lipinski definition) is 0. The summed E-state index contributed by atoms with van der Waals surface area (Å²) in [5, 5.41) is 0.836. The van der Waals surface area contributed by atoms with E-state index in [0.717, 1.165) is 47.5 Å². The van der Waals surface area contributed by atoms with E-state index in [4.69, 9.17) is 52.2 Å². The lowest BCUT2D eigenvalue weighted by Crippen LogP contribution is -2.63. The maximum absolute atomic E-state index is 13.4. The van der Waals surface area contributed by atoms with Gasteiger partial charge in [0.05, 0.1) is 22.2 Å². The van der Waals surface area contributed by atoms with E-state index in [9.17, 15) is 9.59 Å². The first-order valence-corrected chi connectivity index (χ1v) is 19.0. The lowest BCUT2D eigenvalue weighted by Gasteiger charge is -2.53. The average Bonchev–Trinajstić information content (AvgIpc) is 3.33. The van der Waals surface area contributed by atoms with Crippen LogP contribution < -0.4 is 20.6 Å². The van der Waals surface area contributed by atoms with Crippen molar-refractivity contribution in [1.29, 1.82) is 0 Å². The number of rotatable bonds is 0. The number of fused-ring (bicyclic) bond motifs is 8. The van der Waals surface area contributed by atoms with Gasteiger partial charge in [-0.2, -0.15) is 0 Å². The van der Waals surface area contributed by atoms with E-state index in [2.05, 4.69) is 0 Å². The number of nitrogens with zero attached hydrogens (tertiary/aromatic N) is 2. The SMILES string of the molecule is Cn1c(=O)c2c(c3ccccc31)OC(C)(C)[C@@H]1CC[C@@]3(C)OO[C@@]21[C@H]3Cl.Cn1c(=O)c2c(c3ccccc31)OC(C)(C)[C@@H]1CC[C@@]3(C)OO[C@@]21[C@H]3Cl. The fourth-order valence-electron chi connectivity index (χ4n) is 10.4. The third-order valence-electron chi connectivity index (χ3n) is 13.2. The largest absolute Gasteiger partial charge is 0.486 e. The second kappa shape index (κ2) is 10.8. The summed E-state index contributed by atoms with van der Waals surface area (Å²) in [7, 11) is 3.55. The first-order valence-electron chi connectivity index (χ1n) is 18.1. The number of benzene rings is 2. The number of para-hydroxylation sites is 2. The molecule has 2 aromatic carbocycles. The van der Waals surface area contributed by atoms with Crippen LogP contribution in [0.2, 0.25) is 0 Å². The van der Waals surface area contributed by atoms with Crippen LogP contribution in [0.1, 0.15) is 78.4 Å². The standard InChI is InChI=1S/2C20H22ClNO4/c2*1-18(2)13-9-10-19(3)17(21)20(13,26-25-19)14-15(24-18)11-7-5-6-8-12(11)22(4)16(14)23/h2*5-8,13,17H,9-10H2,1-4H3/t2*13-,17-,19+,20+/m00/s1. The summed E-state index contributed by atoms with van der Waals surface area (Å²) >= 11 is 13.9. The molecule has 0 amide bonds. The zero-order valence-electron chi connectivity index (χ0n) is 30.7. The molecule has 52 heavy (non-hydrogen) atoms. The average molecular weight is 752 g/mol. The summed E-state index contributed by atoms with van der Waals surface area (Å²) in [6.07, 6.45) is 3.18. The topological polar surface area (TPSA) is 99.4 Å². The molecule has 2 aliphatic carbocycles. The molecule has 4 fully saturated rings. The van der Waals surface area contributed by atoms with E-state index in [1.165, 1.54) is 0 Å². The van der Waals surface area contributed by atoms with Crippen molar-refractivity contribution in [3.8, 4) is 11.5 Å². The second-order valence-electron chi connectivity index (χ2n) is 17.0. The van der Waals surface area contributed by atoms with Crippen molar-refractivity contribution >= 4 is 45.0 Å². The molecule has 4 aliphatic heterocycles. The molecule has 4 bridgehead atoms. The van der Waals surface area contributed by atoms with Gasteiger partial charge in [-0.1, -0.05) is 24.3 Å². The minimum absolute atomic E-state index is 0.0746. The Bertz CT molecular complexity index is 2160. The highest BCUT2D eigenvalue weighted by Crippen LogP contribution is 2.65. The van der Waals surface area contributed by atoms with Crippen molar-refractivity contribution in [1.82, 2.24) is 9.13 Å². The van der Waals surface area contributed by atoms with Crippen LogP contribution >= 0.6 is 23.2 Å². The molecule has 2 saturated heterocycles. The summed E-state index contributed by atoms with van der Waals surface area (Å²) in [4.78, 5) is 50.4. The third kappa shape index (κ3) is 4.11. The van der Waals surface area contributed by atoms with Crippen LogP contribution in [0.5, 0.6) is 11.5 Å². The smallest absolute Gasteiger partial charge is 0.260 e. The van der Waals surface area contributed by atoms with Gasteiger partial charge in [0.25, 0.3) is 11.1 Å². The van der Waals surface area contributed by atoms with Gasteiger partial charge in [0.2, 0.25) is 0 Å². The molecule has 2 aromatic heterocycles. The van der Waals surface area contributed by atoms with Crippen LogP contribution in [0.3, 0.4) is 0 Å². The molecular weight excluding hydrogens is 707 g/mol. The number of halogens is 2. The molecule has 2 spiro atoms. The number of alkyl halides is 2. The van der Waals surface area contributed by atoms with E-state index < -0.39 is 44.4 Å². The van der Waals surface area contributed by atoms with Crippen molar-refractivity contribution < 1.29 is 29.0 Å². The highest BCUT2D eigenvalue weighted by atomic mass is 35.5. The van der Waals surface area contributed by atoms with E-state index in [0.29, 0.717) is 22.6 Å². The molecule has 6 aliphatic rings. The molecule has 0 N–H and O–H groups in total. The highest BCUT2D eigenvalue weighted by molar-refractivity contribution is 6.23. The van der Waals surface area contributed by atoms with E-state index >= 15 is 0 Å². The van der Waals surface area contributed by atoms with Gasteiger partial charge >= 0.3 is 0 Å². The second-order valence-corrected chi connectivity index (χ2v) is 17.9. The highest BCUT2D eigenvalue weighted by Gasteiger charge is 2.73. The van der Waals surface area contributed by atoms with Crippen molar-refractivity contribution in [3.63, 3.8) is 0 Å². The lowest BCUT2D eigenvalue weighted by atomic mass is 9.60. The van der Waals surface area contributed by atoms with Gasteiger partial charge in [0, 0.05) is 36.7 Å². The number of aromatic nitrogens is 2. The Hall–Kier alpha value is -3.12. The Balaban J connectivity index is 0.000000138. The first-order chi connectivity index (χ1) is 24.4. The van der Waals surface area contributed by atoms with Gasteiger partial charge in [-0.3, -0.25) is 9.59 Å². The Kier molecular flexibility index (Phi) is 7.17. The molecule has 4 aromatic rings. The zero-order valence-corrected chi connectivity index (χ0v) is 32.2. The summed E-state index contributed by atoms with van der Waals surface area (Å²) < 4.78 is 16.2.